The maximum Gasteiger partial charge on any atom is 0.326 e. The number of halogens is 2. The molecular formula is C12H15ClFNO2. The highest BCUT2D eigenvalue weighted by atomic mass is 35.5. The largest absolute Gasteiger partial charge is 0.480 e. The highest BCUT2D eigenvalue weighted by Crippen LogP contribution is 2.24. The first-order chi connectivity index (χ1) is 8.04. The molecule has 0 aromatic heterocycles. The third-order valence-corrected chi connectivity index (χ3v) is 2.73. The first-order valence-electron chi connectivity index (χ1n) is 5.49. The Morgan fingerprint density at radius 2 is 2.29 bits per heavy atom. The van der Waals surface area contributed by atoms with Gasteiger partial charge in [-0.05, 0) is 24.6 Å². The molecule has 5 heteroatoms. The van der Waals surface area contributed by atoms with Gasteiger partial charge < -0.3 is 10.4 Å². The number of hydrogen-bond donors (Lipinski definition) is 2. The maximum absolute atomic E-state index is 13.0. The summed E-state index contributed by atoms with van der Waals surface area (Å²) in [5.74, 6) is -1.41. The zero-order chi connectivity index (χ0) is 12.8. The molecule has 0 aliphatic carbocycles. The minimum atomic E-state index is -0.959. The van der Waals surface area contributed by atoms with Crippen molar-refractivity contribution in [1.29, 1.82) is 0 Å². The van der Waals surface area contributed by atoms with Gasteiger partial charge in [0.15, 0.2) is 0 Å². The number of benzene rings is 1. The van der Waals surface area contributed by atoms with Crippen LogP contribution in [-0.4, -0.2) is 17.1 Å². The van der Waals surface area contributed by atoms with E-state index >= 15 is 0 Å². The fourth-order valence-corrected chi connectivity index (χ4v) is 1.63. The lowest BCUT2D eigenvalue weighted by Crippen LogP contribution is -2.29. The van der Waals surface area contributed by atoms with Crippen molar-refractivity contribution in [3.05, 3.63) is 29.0 Å². The van der Waals surface area contributed by atoms with Crippen LogP contribution in [0.15, 0.2) is 18.2 Å². The fourth-order valence-electron chi connectivity index (χ4n) is 1.46. The van der Waals surface area contributed by atoms with Crippen molar-refractivity contribution >= 4 is 23.3 Å². The summed E-state index contributed by atoms with van der Waals surface area (Å²) in [5.41, 5.74) is 0.315. The van der Waals surface area contributed by atoms with E-state index in [9.17, 15) is 9.18 Å². The van der Waals surface area contributed by atoms with E-state index in [0.717, 1.165) is 12.8 Å². The first kappa shape index (κ1) is 13.8. The van der Waals surface area contributed by atoms with Gasteiger partial charge in [0.2, 0.25) is 0 Å². The van der Waals surface area contributed by atoms with E-state index in [1.54, 1.807) is 0 Å². The van der Waals surface area contributed by atoms with Crippen LogP contribution in [0, 0.1) is 5.82 Å². The predicted molar refractivity (Wildman–Crippen MR) is 66.0 cm³/mol. The summed E-state index contributed by atoms with van der Waals surface area (Å²) in [6.07, 6.45) is 2.18. The molecule has 0 spiro atoms. The third kappa shape index (κ3) is 4.23. The lowest BCUT2D eigenvalue weighted by molar-refractivity contribution is -0.138. The SMILES string of the molecule is CCCCC(Nc1cc(F)ccc1Cl)C(=O)O. The Morgan fingerprint density at radius 3 is 2.88 bits per heavy atom. The number of rotatable bonds is 6. The van der Waals surface area contributed by atoms with Crippen LogP contribution in [0.3, 0.4) is 0 Å². The Balaban J connectivity index is 2.78. The molecule has 0 fully saturated rings. The molecular weight excluding hydrogens is 245 g/mol. The lowest BCUT2D eigenvalue weighted by atomic mass is 10.1. The van der Waals surface area contributed by atoms with Crippen LogP contribution in [0.4, 0.5) is 10.1 Å². The summed E-state index contributed by atoms with van der Waals surface area (Å²) in [6.45, 7) is 1.98. The highest BCUT2D eigenvalue weighted by Gasteiger charge is 2.17. The molecule has 1 aromatic carbocycles. The number of anilines is 1. The van der Waals surface area contributed by atoms with Gasteiger partial charge in [-0.15, -0.1) is 0 Å². The van der Waals surface area contributed by atoms with E-state index in [0.29, 0.717) is 17.1 Å². The number of nitrogens with one attached hydrogen (secondary N) is 1. The van der Waals surface area contributed by atoms with Crippen molar-refractivity contribution in [2.75, 3.05) is 5.32 Å². The fraction of sp³-hybridized carbons (Fsp3) is 0.417. The standard InChI is InChI=1S/C12H15ClFNO2/c1-2-3-4-10(12(16)17)15-11-7-8(14)5-6-9(11)13/h5-7,10,15H,2-4H2,1H3,(H,16,17). The van der Waals surface area contributed by atoms with E-state index in [-0.39, 0.29) is 0 Å². The zero-order valence-electron chi connectivity index (χ0n) is 9.54. The Bertz CT molecular complexity index is 398. The van der Waals surface area contributed by atoms with Gasteiger partial charge in [-0.2, -0.15) is 0 Å². The normalized spacial score (nSPS) is 12.2. The van der Waals surface area contributed by atoms with E-state index in [1.807, 2.05) is 6.92 Å². The first-order valence-corrected chi connectivity index (χ1v) is 5.86. The molecule has 3 nitrogen and oxygen atoms in total. The molecule has 1 unspecified atom stereocenters. The van der Waals surface area contributed by atoms with Gasteiger partial charge >= 0.3 is 5.97 Å². The quantitative estimate of drug-likeness (QED) is 0.822. The average Bonchev–Trinajstić information content (AvgIpc) is 2.28. The molecule has 1 aromatic rings. The van der Waals surface area contributed by atoms with Gasteiger partial charge in [-0.25, -0.2) is 9.18 Å². The Labute approximate surface area is 105 Å². The van der Waals surface area contributed by atoms with E-state index in [2.05, 4.69) is 5.32 Å². The van der Waals surface area contributed by atoms with Gasteiger partial charge in [0.05, 0.1) is 10.7 Å². The summed E-state index contributed by atoms with van der Waals surface area (Å²) < 4.78 is 13.0. The van der Waals surface area contributed by atoms with Gasteiger partial charge in [0, 0.05) is 0 Å². The third-order valence-electron chi connectivity index (χ3n) is 2.40. The predicted octanol–water partition coefficient (Wildman–Crippen LogP) is 3.53. The second-order valence-electron chi connectivity index (χ2n) is 3.80. The van der Waals surface area contributed by atoms with Crippen LogP contribution in [0.2, 0.25) is 5.02 Å². The summed E-state index contributed by atoms with van der Waals surface area (Å²) in [5, 5.41) is 12.1. The molecule has 1 rings (SSSR count). The smallest absolute Gasteiger partial charge is 0.326 e. The molecule has 0 saturated carbocycles. The van der Waals surface area contributed by atoms with Crippen LogP contribution in [0.5, 0.6) is 0 Å². The number of carbonyl (C=O) groups is 1. The number of hydrogen-bond acceptors (Lipinski definition) is 2. The van der Waals surface area contributed by atoms with Crippen LogP contribution in [0.1, 0.15) is 26.2 Å². The van der Waals surface area contributed by atoms with Gasteiger partial charge in [-0.3, -0.25) is 0 Å². The molecule has 0 aliphatic heterocycles. The molecule has 17 heavy (non-hydrogen) atoms. The average molecular weight is 260 g/mol. The summed E-state index contributed by atoms with van der Waals surface area (Å²) in [6, 6.07) is 3.09. The minimum Gasteiger partial charge on any atom is -0.480 e. The monoisotopic (exact) mass is 259 g/mol. The molecule has 0 heterocycles. The van der Waals surface area contributed by atoms with Crippen molar-refractivity contribution < 1.29 is 14.3 Å². The topological polar surface area (TPSA) is 49.3 Å². The van der Waals surface area contributed by atoms with Crippen LogP contribution < -0.4 is 5.32 Å². The highest BCUT2D eigenvalue weighted by molar-refractivity contribution is 6.33. The van der Waals surface area contributed by atoms with Crippen molar-refractivity contribution in [1.82, 2.24) is 0 Å². The molecule has 1 atom stereocenters. The minimum absolute atomic E-state index is 0.314. The molecule has 0 aliphatic rings. The maximum atomic E-state index is 13.0. The van der Waals surface area contributed by atoms with Crippen molar-refractivity contribution in [2.24, 2.45) is 0 Å². The molecule has 0 amide bonds. The second-order valence-corrected chi connectivity index (χ2v) is 4.21. The Hall–Kier alpha value is -1.29. The molecule has 0 saturated heterocycles. The Kier molecular flexibility index (Phi) is 5.22. The summed E-state index contributed by atoms with van der Waals surface area (Å²) in [4.78, 5) is 11.0. The van der Waals surface area contributed by atoms with Crippen molar-refractivity contribution in [3.63, 3.8) is 0 Å². The summed E-state index contributed by atoms with van der Waals surface area (Å²) >= 11 is 5.86. The van der Waals surface area contributed by atoms with Crippen LogP contribution >= 0.6 is 11.6 Å². The molecule has 94 valence electrons. The molecule has 0 radical (unpaired) electrons. The molecule has 0 bridgehead atoms. The zero-order valence-corrected chi connectivity index (χ0v) is 10.3. The second kappa shape index (κ2) is 6.45. The van der Waals surface area contributed by atoms with Gasteiger partial charge in [0.1, 0.15) is 11.9 Å². The Morgan fingerprint density at radius 1 is 1.59 bits per heavy atom. The van der Waals surface area contributed by atoms with Crippen LogP contribution in [0.25, 0.3) is 0 Å². The lowest BCUT2D eigenvalue weighted by Gasteiger charge is -2.16. The van der Waals surface area contributed by atoms with E-state index in [4.69, 9.17) is 16.7 Å². The van der Waals surface area contributed by atoms with Crippen molar-refractivity contribution in [3.8, 4) is 0 Å². The number of aliphatic carboxylic acids is 1. The van der Waals surface area contributed by atoms with E-state index in [1.165, 1.54) is 18.2 Å². The van der Waals surface area contributed by atoms with Crippen LogP contribution in [-0.2, 0) is 4.79 Å². The molecule has 2 N–H and O–H groups in total. The number of carboxylic acids is 1. The van der Waals surface area contributed by atoms with Crippen molar-refractivity contribution in [2.45, 2.75) is 32.2 Å². The summed E-state index contributed by atoms with van der Waals surface area (Å²) in [7, 11) is 0. The van der Waals surface area contributed by atoms with E-state index < -0.39 is 17.8 Å². The number of carboxylic acid groups (broad SMARTS) is 1. The van der Waals surface area contributed by atoms with Gasteiger partial charge in [-0.1, -0.05) is 31.4 Å². The number of unbranched alkanes of at least 4 members (excludes halogenated alkanes) is 1. The van der Waals surface area contributed by atoms with Gasteiger partial charge in [0.25, 0.3) is 0 Å².